The Labute approximate surface area is 115 Å². The van der Waals surface area contributed by atoms with Crippen molar-refractivity contribution in [1.82, 2.24) is 4.98 Å². The van der Waals surface area contributed by atoms with Gasteiger partial charge in [0.15, 0.2) is 0 Å². The third-order valence-corrected chi connectivity index (χ3v) is 2.75. The van der Waals surface area contributed by atoms with Crippen molar-refractivity contribution in [3.63, 3.8) is 0 Å². The van der Waals surface area contributed by atoms with E-state index in [1.807, 2.05) is 0 Å². The van der Waals surface area contributed by atoms with Gasteiger partial charge in [0.2, 0.25) is 0 Å². The molecule has 0 radical (unpaired) electrons. The Morgan fingerprint density at radius 3 is 2.89 bits per heavy atom. The molecule has 3 N–H and O–H groups in total. The van der Waals surface area contributed by atoms with Gasteiger partial charge in [-0.25, -0.2) is 0 Å². The highest BCUT2D eigenvalue weighted by Gasteiger charge is 2.13. The normalized spacial score (nSPS) is 10.0. The van der Waals surface area contributed by atoms with E-state index in [1.165, 1.54) is 19.5 Å². The second kappa shape index (κ2) is 5.58. The van der Waals surface area contributed by atoms with Crippen molar-refractivity contribution in [2.45, 2.75) is 0 Å². The number of carbonyl (C=O) groups is 1. The van der Waals surface area contributed by atoms with Crippen LogP contribution in [0.15, 0.2) is 36.7 Å². The summed E-state index contributed by atoms with van der Waals surface area (Å²) in [4.78, 5) is 16.0. The Kier molecular flexibility index (Phi) is 3.87. The molecule has 1 heterocycles. The minimum absolute atomic E-state index is 0.326. The van der Waals surface area contributed by atoms with Crippen molar-refractivity contribution in [3.05, 3.63) is 47.2 Å². The van der Waals surface area contributed by atoms with Gasteiger partial charge in [-0.15, -0.1) is 0 Å². The zero-order valence-corrected chi connectivity index (χ0v) is 10.9. The number of amides is 1. The van der Waals surface area contributed by atoms with Crippen LogP contribution < -0.4 is 15.8 Å². The molecular weight excluding hydrogens is 266 g/mol. The lowest BCUT2D eigenvalue weighted by Gasteiger charge is -2.10. The number of nitrogens with two attached hydrogens (primary N) is 1. The van der Waals surface area contributed by atoms with Crippen LogP contribution in [0.3, 0.4) is 0 Å². The summed E-state index contributed by atoms with van der Waals surface area (Å²) in [6.45, 7) is 0. The van der Waals surface area contributed by atoms with Gasteiger partial charge >= 0.3 is 0 Å². The molecule has 0 saturated carbocycles. The molecule has 2 rings (SSSR count). The fourth-order valence-corrected chi connectivity index (χ4v) is 1.75. The average molecular weight is 278 g/mol. The van der Waals surface area contributed by atoms with E-state index in [9.17, 15) is 4.79 Å². The maximum atomic E-state index is 12.1. The molecular formula is C13H12ClN3O2. The van der Waals surface area contributed by atoms with Crippen molar-refractivity contribution in [2.75, 3.05) is 18.2 Å². The predicted molar refractivity (Wildman–Crippen MR) is 74.6 cm³/mol. The highest BCUT2D eigenvalue weighted by atomic mass is 35.5. The molecule has 0 unspecified atom stereocenters. The molecule has 0 aliphatic heterocycles. The van der Waals surface area contributed by atoms with Gasteiger partial charge in [0.1, 0.15) is 5.75 Å². The number of halogens is 1. The molecule has 1 aromatic carbocycles. The van der Waals surface area contributed by atoms with E-state index in [2.05, 4.69) is 10.3 Å². The molecule has 2 aromatic rings. The average Bonchev–Trinajstić information content (AvgIpc) is 2.41. The summed E-state index contributed by atoms with van der Waals surface area (Å²) < 4.78 is 5.08. The summed E-state index contributed by atoms with van der Waals surface area (Å²) in [5.41, 5.74) is 7.05. The van der Waals surface area contributed by atoms with Gasteiger partial charge in [0, 0.05) is 11.2 Å². The number of carbonyl (C=O) groups excluding carboxylic acids is 1. The molecule has 0 aliphatic rings. The molecule has 0 spiro atoms. The first-order valence-corrected chi connectivity index (χ1v) is 5.84. The van der Waals surface area contributed by atoms with Crippen molar-refractivity contribution < 1.29 is 9.53 Å². The third kappa shape index (κ3) is 2.95. The SMILES string of the molecule is COc1cnccc1C(=O)Nc1ccc(Cl)cc1N. The van der Waals surface area contributed by atoms with Crippen LogP contribution in [0.2, 0.25) is 5.02 Å². The Morgan fingerprint density at radius 1 is 1.42 bits per heavy atom. The first-order chi connectivity index (χ1) is 9.11. The minimum atomic E-state index is -0.326. The second-order valence-corrected chi connectivity index (χ2v) is 4.20. The summed E-state index contributed by atoms with van der Waals surface area (Å²) in [5.74, 6) is 0.0702. The number of ether oxygens (including phenoxy) is 1. The molecule has 6 heteroatoms. The predicted octanol–water partition coefficient (Wildman–Crippen LogP) is 2.58. The van der Waals surface area contributed by atoms with Crippen LogP contribution in [-0.4, -0.2) is 18.0 Å². The second-order valence-electron chi connectivity index (χ2n) is 3.76. The Bertz CT molecular complexity index is 617. The molecule has 0 aliphatic carbocycles. The zero-order chi connectivity index (χ0) is 13.8. The van der Waals surface area contributed by atoms with Crippen LogP contribution in [0.4, 0.5) is 11.4 Å². The summed E-state index contributed by atoms with van der Waals surface area (Å²) in [5, 5.41) is 3.21. The highest BCUT2D eigenvalue weighted by molar-refractivity contribution is 6.31. The smallest absolute Gasteiger partial charge is 0.259 e. The van der Waals surface area contributed by atoms with Gasteiger partial charge < -0.3 is 15.8 Å². The molecule has 0 saturated heterocycles. The van der Waals surface area contributed by atoms with Gasteiger partial charge in [-0.1, -0.05) is 11.6 Å². The van der Waals surface area contributed by atoms with E-state index in [0.717, 1.165) is 0 Å². The molecule has 1 amide bonds. The minimum Gasteiger partial charge on any atom is -0.494 e. The van der Waals surface area contributed by atoms with Crippen LogP contribution in [0.5, 0.6) is 5.75 Å². The molecule has 1 aromatic heterocycles. The lowest BCUT2D eigenvalue weighted by molar-refractivity contribution is 0.102. The van der Waals surface area contributed by atoms with Crippen LogP contribution in [-0.2, 0) is 0 Å². The summed E-state index contributed by atoms with van der Waals surface area (Å²) in [6.07, 6.45) is 2.99. The van der Waals surface area contributed by atoms with Gasteiger partial charge in [-0.2, -0.15) is 0 Å². The molecule has 0 bridgehead atoms. The van der Waals surface area contributed by atoms with Crippen molar-refractivity contribution in [3.8, 4) is 5.75 Å². The van der Waals surface area contributed by atoms with E-state index in [1.54, 1.807) is 24.3 Å². The Morgan fingerprint density at radius 2 is 2.21 bits per heavy atom. The number of methoxy groups -OCH3 is 1. The molecule has 0 fully saturated rings. The number of nitrogen functional groups attached to an aromatic ring is 1. The van der Waals surface area contributed by atoms with Crippen LogP contribution in [0.1, 0.15) is 10.4 Å². The zero-order valence-electron chi connectivity index (χ0n) is 10.2. The Hall–Kier alpha value is -2.27. The van der Waals surface area contributed by atoms with Gasteiger partial charge in [-0.05, 0) is 24.3 Å². The summed E-state index contributed by atoms with van der Waals surface area (Å²) in [7, 11) is 1.48. The number of aromatic nitrogens is 1. The van der Waals surface area contributed by atoms with Crippen molar-refractivity contribution in [1.29, 1.82) is 0 Å². The van der Waals surface area contributed by atoms with E-state index < -0.39 is 0 Å². The third-order valence-electron chi connectivity index (χ3n) is 2.51. The molecule has 0 atom stereocenters. The topological polar surface area (TPSA) is 77.2 Å². The maximum absolute atomic E-state index is 12.1. The van der Waals surface area contributed by atoms with Gasteiger partial charge in [-0.3, -0.25) is 9.78 Å². The van der Waals surface area contributed by atoms with Crippen molar-refractivity contribution >= 4 is 28.9 Å². The number of anilines is 2. The first-order valence-electron chi connectivity index (χ1n) is 5.46. The number of hydrogen-bond acceptors (Lipinski definition) is 4. The van der Waals surface area contributed by atoms with E-state index >= 15 is 0 Å². The highest BCUT2D eigenvalue weighted by Crippen LogP contribution is 2.24. The number of hydrogen-bond donors (Lipinski definition) is 2. The van der Waals surface area contributed by atoms with E-state index in [0.29, 0.717) is 27.7 Å². The molecule has 98 valence electrons. The summed E-state index contributed by atoms with van der Waals surface area (Å²) in [6, 6.07) is 6.43. The van der Waals surface area contributed by atoms with Crippen LogP contribution in [0, 0.1) is 0 Å². The first kappa shape index (κ1) is 13.2. The number of nitrogens with zero attached hydrogens (tertiary/aromatic N) is 1. The largest absolute Gasteiger partial charge is 0.494 e. The number of benzene rings is 1. The quantitative estimate of drug-likeness (QED) is 0.846. The number of rotatable bonds is 3. The Balaban J connectivity index is 2.26. The van der Waals surface area contributed by atoms with Gasteiger partial charge in [0.25, 0.3) is 5.91 Å². The fraction of sp³-hybridized carbons (Fsp3) is 0.0769. The number of nitrogens with one attached hydrogen (secondary N) is 1. The maximum Gasteiger partial charge on any atom is 0.259 e. The van der Waals surface area contributed by atoms with Crippen LogP contribution in [0.25, 0.3) is 0 Å². The van der Waals surface area contributed by atoms with Crippen LogP contribution >= 0.6 is 11.6 Å². The number of pyridine rings is 1. The van der Waals surface area contributed by atoms with E-state index in [-0.39, 0.29) is 5.91 Å². The van der Waals surface area contributed by atoms with Gasteiger partial charge in [0.05, 0.1) is 30.2 Å². The lowest BCUT2D eigenvalue weighted by atomic mass is 10.2. The lowest BCUT2D eigenvalue weighted by Crippen LogP contribution is -2.14. The monoisotopic (exact) mass is 277 g/mol. The van der Waals surface area contributed by atoms with Crippen molar-refractivity contribution in [2.24, 2.45) is 0 Å². The molecule has 5 nitrogen and oxygen atoms in total. The molecule has 19 heavy (non-hydrogen) atoms. The van der Waals surface area contributed by atoms with E-state index in [4.69, 9.17) is 22.1 Å². The standard InChI is InChI=1S/C13H12ClN3O2/c1-19-12-7-16-5-4-9(12)13(18)17-11-3-2-8(14)6-10(11)15/h2-7H,15H2,1H3,(H,17,18). The fourth-order valence-electron chi connectivity index (χ4n) is 1.57. The summed E-state index contributed by atoms with van der Waals surface area (Å²) >= 11 is 5.80.